The number of ether oxygens (including phenoxy) is 3. The summed E-state index contributed by atoms with van der Waals surface area (Å²) in [6.07, 6.45) is -1.72. The molecule has 1 amide bonds. The van der Waals surface area contributed by atoms with Gasteiger partial charge in [0.1, 0.15) is 5.01 Å². The van der Waals surface area contributed by atoms with Crippen LogP contribution in [0, 0.1) is 12.8 Å². The van der Waals surface area contributed by atoms with Gasteiger partial charge < -0.3 is 24.6 Å². The first-order valence-electron chi connectivity index (χ1n) is 14.8. The monoisotopic (exact) mass is 647 g/mol. The predicted octanol–water partition coefficient (Wildman–Crippen LogP) is 6.16. The van der Waals surface area contributed by atoms with Crippen LogP contribution in [0.3, 0.4) is 0 Å². The number of aromatic nitrogens is 2. The van der Waals surface area contributed by atoms with Crippen LogP contribution in [0.2, 0.25) is 0 Å². The molecule has 0 spiro atoms. The molecule has 5 atom stereocenters. The molecule has 236 valence electrons. The molecule has 2 heterocycles. The van der Waals surface area contributed by atoms with Gasteiger partial charge in [-0.3, -0.25) is 9.59 Å². The molecule has 5 unspecified atom stereocenters. The average molecular weight is 648 g/mol. The first-order valence-corrected chi connectivity index (χ1v) is 16.6. The van der Waals surface area contributed by atoms with E-state index in [4.69, 9.17) is 14.2 Å². The molecule has 1 aliphatic heterocycles. The van der Waals surface area contributed by atoms with Gasteiger partial charge in [-0.25, -0.2) is 0 Å². The van der Waals surface area contributed by atoms with Crippen molar-refractivity contribution in [2.45, 2.75) is 69.8 Å². The number of nitrogens with one attached hydrogen (secondary N) is 1. The van der Waals surface area contributed by atoms with Crippen LogP contribution in [0.15, 0.2) is 77.1 Å². The molecule has 45 heavy (non-hydrogen) atoms. The summed E-state index contributed by atoms with van der Waals surface area (Å²) in [7, 11) is 0. The summed E-state index contributed by atoms with van der Waals surface area (Å²) in [6.45, 7) is 7.23. The van der Waals surface area contributed by atoms with E-state index in [1.165, 1.54) is 6.92 Å². The van der Waals surface area contributed by atoms with Crippen molar-refractivity contribution in [3.05, 3.63) is 100 Å². The fraction of sp³-hybridized carbons (Fsp3) is 0.353. The van der Waals surface area contributed by atoms with Crippen molar-refractivity contribution >= 4 is 35.0 Å². The first kappa shape index (κ1) is 32.8. The van der Waals surface area contributed by atoms with E-state index in [1.807, 2.05) is 79.7 Å². The molecule has 0 bridgehead atoms. The van der Waals surface area contributed by atoms with Crippen molar-refractivity contribution in [2.75, 3.05) is 5.75 Å². The van der Waals surface area contributed by atoms with Crippen LogP contribution in [-0.4, -0.2) is 45.1 Å². The third kappa shape index (κ3) is 8.56. The lowest BCUT2D eigenvalue weighted by molar-refractivity contribution is -0.268. The van der Waals surface area contributed by atoms with Crippen molar-refractivity contribution in [1.29, 1.82) is 0 Å². The van der Waals surface area contributed by atoms with Gasteiger partial charge in [0.25, 0.3) is 5.91 Å². The van der Waals surface area contributed by atoms with Gasteiger partial charge >= 0.3 is 5.97 Å². The van der Waals surface area contributed by atoms with Crippen LogP contribution in [0.25, 0.3) is 11.1 Å². The number of benzene rings is 3. The van der Waals surface area contributed by atoms with Crippen LogP contribution < -0.4 is 5.32 Å². The molecular formula is C34H37N3O6S2. The second-order valence-electron chi connectivity index (χ2n) is 11.0. The van der Waals surface area contributed by atoms with E-state index >= 15 is 0 Å². The van der Waals surface area contributed by atoms with E-state index in [0.29, 0.717) is 12.3 Å². The van der Waals surface area contributed by atoms with Gasteiger partial charge in [0.05, 0.1) is 18.8 Å². The fourth-order valence-corrected chi connectivity index (χ4v) is 7.13. The smallest absolute Gasteiger partial charge is 0.303 e. The Bertz CT molecular complexity index is 1590. The Kier molecular flexibility index (Phi) is 11.0. The van der Waals surface area contributed by atoms with Crippen LogP contribution >= 0.6 is 23.1 Å². The topological polar surface area (TPSA) is 120 Å². The number of nitrogens with zero attached hydrogens (tertiary/aromatic N) is 2. The van der Waals surface area contributed by atoms with E-state index in [9.17, 15) is 14.7 Å². The maximum Gasteiger partial charge on any atom is 0.303 e. The maximum absolute atomic E-state index is 12.3. The Hall–Kier alpha value is -3.61. The number of esters is 1. The molecule has 0 saturated carbocycles. The van der Waals surface area contributed by atoms with Gasteiger partial charge in [-0.2, -0.15) is 0 Å². The van der Waals surface area contributed by atoms with Crippen molar-refractivity contribution in [1.82, 2.24) is 15.5 Å². The maximum atomic E-state index is 12.3. The Labute approximate surface area is 271 Å². The highest BCUT2D eigenvalue weighted by Gasteiger charge is 2.38. The largest absolute Gasteiger partial charge is 0.453 e. The second kappa shape index (κ2) is 15.1. The Balaban J connectivity index is 1.31. The third-order valence-corrected chi connectivity index (χ3v) is 9.68. The third-order valence-electron chi connectivity index (χ3n) is 7.62. The average Bonchev–Trinajstić information content (AvgIpc) is 3.47. The Morgan fingerprint density at radius 2 is 1.73 bits per heavy atom. The SMILES string of the molecule is CC(=O)OC(C)C(=O)NCc1cccc(-c2ccc(C3OC(CSc4nnc(C)s4)C(C)C(c4ccc(CO)cc4)O3)cc2)c1. The Morgan fingerprint density at radius 3 is 2.40 bits per heavy atom. The highest BCUT2D eigenvalue weighted by atomic mass is 32.2. The molecule has 9 nitrogen and oxygen atoms in total. The van der Waals surface area contributed by atoms with Crippen molar-refractivity contribution < 1.29 is 28.9 Å². The minimum Gasteiger partial charge on any atom is -0.453 e. The molecule has 1 aliphatic rings. The summed E-state index contributed by atoms with van der Waals surface area (Å²) in [5, 5.41) is 21.7. The second-order valence-corrected chi connectivity index (χ2v) is 13.5. The van der Waals surface area contributed by atoms with Crippen LogP contribution in [0.4, 0.5) is 0 Å². The molecule has 1 aromatic heterocycles. The molecule has 1 fully saturated rings. The summed E-state index contributed by atoms with van der Waals surface area (Å²) in [5.41, 5.74) is 5.74. The standard InChI is InChI=1S/C34H37N3O6S2/c1-20-30(19-44-34-37-36-22(3)45-34)42-33(43-31(20)27-10-8-24(18-38)9-11-27)28-14-12-26(13-15-28)29-7-5-6-25(16-29)17-35-32(40)21(2)41-23(4)39/h5-16,20-21,30-31,33,38H,17-19H2,1-4H3,(H,35,40). The van der Waals surface area contributed by atoms with E-state index in [-0.39, 0.29) is 30.6 Å². The highest BCUT2D eigenvalue weighted by Crippen LogP contribution is 2.43. The molecule has 3 aromatic carbocycles. The summed E-state index contributed by atoms with van der Waals surface area (Å²) in [6, 6.07) is 23.9. The van der Waals surface area contributed by atoms with Gasteiger partial charge in [-0.1, -0.05) is 96.8 Å². The van der Waals surface area contributed by atoms with Crippen LogP contribution in [-0.2, 0) is 37.0 Å². The van der Waals surface area contributed by atoms with E-state index in [0.717, 1.165) is 42.7 Å². The molecule has 0 aliphatic carbocycles. The summed E-state index contributed by atoms with van der Waals surface area (Å²) >= 11 is 3.22. The minimum atomic E-state index is -0.850. The number of aliphatic hydroxyl groups excluding tert-OH is 1. The van der Waals surface area contributed by atoms with Crippen LogP contribution in [0.1, 0.15) is 60.4 Å². The molecule has 4 aromatic rings. The summed E-state index contributed by atoms with van der Waals surface area (Å²) in [5.74, 6) is -0.0598. The number of rotatable bonds is 11. The van der Waals surface area contributed by atoms with Gasteiger partial charge in [-0.05, 0) is 47.7 Å². The van der Waals surface area contributed by atoms with E-state index in [2.05, 4.69) is 22.4 Å². The van der Waals surface area contributed by atoms with Crippen molar-refractivity contribution in [3.63, 3.8) is 0 Å². The van der Waals surface area contributed by atoms with Gasteiger partial charge in [0.2, 0.25) is 0 Å². The lowest BCUT2D eigenvalue weighted by atomic mass is 9.91. The molecule has 1 saturated heterocycles. The number of carbonyl (C=O) groups is 2. The lowest BCUT2D eigenvalue weighted by Gasteiger charge is -2.41. The number of hydrogen-bond donors (Lipinski definition) is 2. The zero-order valence-corrected chi connectivity index (χ0v) is 27.3. The number of aryl methyl sites for hydroxylation is 1. The predicted molar refractivity (Wildman–Crippen MR) is 173 cm³/mol. The Morgan fingerprint density at radius 1 is 1.00 bits per heavy atom. The normalized spacial score (nSPS) is 20.4. The number of thioether (sulfide) groups is 1. The number of aliphatic hydroxyl groups is 1. The van der Waals surface area contributed by atoms with E-state index < -0.39 is 18.4 Å². The fourth-order valence-electron chi connectivity index (χ4n) is 5.13. The lowest BCUT2D eigenvalue weighted by Crippen LogP contribution is -2.38. The quantitative estimate of drug-likeness (QED) is 0.146. The molecule has 11 heteroatoms. The number of hydrogen-bond acceptors (Lipinski definition) is 10. The highest BCUT2D eigenvalue weighted by molar-refractivity contribution is 8.01. The molecular weight excluding hydrogens is 611 g/mol. The number of carbonyl (C=O) groups excluding carboxylic acids is 2. The molecule has 5 rings (SSSR count). The summed E-state index contributed by atoms with van der Waals surface area (Å²) < 4.78 is 19.0. The number of amides is 1. The zero-order valence-electron chi connectivity index (χ0n) is 25.6. The van der Waals surface area contributed by atoms with Gasteiger partial charge in [0, 0.05) is 30.7 Å². The van der Waals surface area contributed by atoms with Crippen molar-refractivity contribution in [2.24, 2.45) is 5.92 Å². The zero-order chi connectivity index (χ0) is 31.9. The summed E-state index contributed by atoms with van der Waals surface area (Å²) in [4.78, 5) is 23.4. The first-order chi connectivity index (χ1) is 21.7. The minimum absolute atomic E-state index is 0.00714. The van der Waals surface area contributed by atoms with Gasteiger partial charge in [-0.15, -0.1) is 10.2 Å². The van der Waals surface area contributed by atoms with Gasteiger partial charge in [0.15, 0.2) is 16.7 Å². The molecule has 0 radical (unpaired) electrons. The van der Waals surface area contributed by atoms with E-state index in [1.54, 1.807) is 30.0 Å². The van der Waals surface area contributed by atoms with Crippen molar-refractivity contribution in [3.8, 4) is 11.1 Å². The van der Waals surface area contributed by atoms with Crippen LogP contribution in [0.5, 0.6) is 0 Å². The molecule has 2 N–H and O–H groups in total.